The second kappa shape index (κ2) is 24.6. The van der Waals surface area contributed by atoms with Crippen molar-refractivity contribution in [2.45, 2.75) is 122 Å². The predicted molar refractivity (Wildman–Crippen MR) is 248 cm³/mol. The summed E-state index contributed by atoms with van der Waals surface area (Å²) >= 11 is 0. The Hall–Kier alpha value is -7.67. The minimum absolute atomic E-state index is 0.0274. The van der Waals surface area contributed by atoms with Gasteiger partial charge in [0.1, 0.15) is 18.0 Å². The number of aliphatic hydroxyl groups excluding tert-OH is 1. The summed E-state index contributed by atoms with van der Waals surface area (Å²) in [4.78, 5) is 118. The molecule has 3 aliphatic heterocycles. The molecule has 4 N–H and O–H groups in total. The monoisotopic (exact) mass is 1030 g/mol. The summed E-state index contributed by atoms with van der Waals surface area (Å²) in [5, 5.41) is 26.3. The van der Waals surface area contributed by atoms with Gasteiger partial charge in [-0.25, -0.2) is 19.3 Å². The van der Waals surface area contributed by atoms with Crippen LogP contribution in [-0.4, -0.2) is 158 Å². The summed E-state index contributed by atoms with van der Waals surface area (Å²) in [5.41, 5.74) is -0.454. The van der Waals surface area contributed by atoms with E-state index < -0.39 is 109 Å². The van der Waals surface area contributed by atoms with Gasteiger partial charge < -0.3 is 73.1 Å². The van der Waals surface area contributed by atoms with Crippen LogP contribution in [0.5, 0.6) is 17.2 Å². The van der Waals surface area contributed by atoms with Crippen LogP contribution in [0.15, 0.2) is 42.5 Å². The first-order valence-corrected chi connectivity index (χ1v) is 22.9. The van der Waals surface area contributed by atoms with Crippen LogP contribution in [0.3, 0.4) is 0 Å². The van der Waals surface area contributed by atoms with E-state index in [0.29, 0.717) is 5.57 Å². The van der Waals surface area contributed by atoms with Gasteiger partial charge in [0.15, 0.2) is 36.0 Å². The zero-order valence-electron chi connectivity index (χ0n) is 41.5. The number of benzene rings is 2. The number of aliphatic carboxylic acids is 1. The number of hydrogen-bond acceptors (Lipinski definition) is 20. The van der Waals surface area contributed by atoms with E-state index in [0.717, 1.165) is 32.8 Å². The number of esters is 4. The van der Waals surface area contributed by atoms with Gasteiger partial charge in [-0.2, -0.15) is 0 Å². The van der Waals surface area contributed by atoms with E-state index in [1.54, 1.807) is 20.8 Å². The number of fused-ring (bicyclic) bond motifs is 2. The second-order valence-electron chi connectivity index (χ2n) is 17.8. The number of anilines is 1. The fraction of sp³-hybridized carbons (Fsp3) is 0.521. The molecule has 0 spiro atoms. The van der Waals surface area contributed by atoms with Crippen molar-refractivity contribution in [2.24, 2.45) is 0 Å². The number of carboxylic acids is 1. The van der Waals surface area contributed by atoms with Gasteiger partial charge in [0, 0.05) is 52.9 Å². The van der Waals surface area contributed by atoms with E-state index in [4.69, 9.17) is 52.5 Å². The maximum absolute atomic E-state index is 14.3. The number of alkyl carbamates (subject to hydrolysis) is 1. The molecule has 0 aromatic heterocycles. The van der Waals surface area contributed by atoms with Crippen molar-refractivity contribution >= 4 is 59.5 Å². The minimum atomic E-state index is -1.87. The summed E-state index contributed by atoms with van der Waals surface area (Å²) < 4.78 is 55.6. The third-order valence-electron chi connectivity index (χ3n) is 11.0. The van der Waals surface area contributed by atoms with E-state index in [1.165, 1.54) is 42.3 Å². The molecule has 2 saturated heterocycles. The van der Waals surface area contributed by atoms with Crippen molar-refractivity contribution in [2.75, 3.05) is 45.4 Å². The predicted octanol–water partition coefficient (Wildman–Crippen LogP) is 2.90. The Labute approximate surface area is 419 Å². The number of nitrogens with zero attached hydrogens (tertiary/aromatic N) is 2. The molecular weight excluding hydrogens is 969 g/mol. The normalized spacial score (nSPS) is 21.2. The first-order chi connectivity index (χ1) is 34.4. The van der Waals surface area contributed by atoms with Crippen LogP contribution >= 0.6 is 0 Å². The number of hydrogen-bond donors (Lipinski definition) is 4. The first kappa shape index (κ1) is 56.2. The van der Waals surface area contributed by atoms with Crippen LogP contribution in [0.2, 0.25) is 0 Å². The van der Waals surface area contributed by atoms with Crippen molar-refractivity contribution in [3.05, 3.63) is 59.2 Å². The van der Waals surface area contributed by atoms with Crippen LogP contribution in [0.4, 0.5) is 15.3 Å². The lowest BCUT2D eigenvalue weighted by molar-refractivity contribution is -0.282. The maximum atomic E-state index is 14.3. The largest absolute Gasteiger partial charge is 0.493 e. The van der Waals surface area contributed by atoms with Crippen molar-refractivity contribution in [1.82, 2.24) is 15.5 Å². The van der Waals surface area contributed by atoms with E-state index in [2.05, 4.69) is 17.2 Å². The lowest BCUT2D eigenvalue weighted by atomic mass is 9.97. The zero-order chi connectivity index (χ0) is 53.9. The molecule has 1 unspecified atom stereocenters. The summed E-state index contributed by atoms with van der Waals surface area (Å²) in [6.07, 6.45) is -12.2. The Morgan fingerprint density at radius 2 is 1.51 bits per heavy atom. The molecule has 0 aliphatic carbocycles. The Bertz CT molecular complexity index is 2450. The highest BCUT2D eigenvalue weighted by atomic mass is 16.7. The smallest absolute Gasteiger partial charge is 0.416 e. The molecule has 0 saturated carbocycles. The molecule has 0 radical (unpaired) electrons. The van der Waals surface area contributed by atoms with Crippen LogP contribution in [0.25, 0.3) is 0 Å². The van der Waals surface area contributed by atoms with Crippen molar-refractivity contribution < 1.29 is 101 Å². The molecule has 25 nitrogen and oxygen atoms in total. The van der Waals surface area contributed by atoms with Crippen molar-refractivity contribution in [3.8, 4) is 17.2 Å². The number of rotatable bonds is 19. The molecule has 2 aromatic rings. The van der Waals surface area contributed by atoms with Crippen molar-refractivity contribution in [1.29, 1.82) is 0 Å². The van der Waals surface area contributed by atoms with Crippen LogP contribution in [0, 0.1) is 0 Å². The minimum Gasteiger partial charge on any atom is -0.493 e. The number of carboxylic acid groups (broad SMARTS) is 1. The van der Waals surface area contributed by atoms with Crippen LogP contribution < -0.4 is 29.7 Å². The second-order valence-corrected chi connectivity index (χ2v) is 17.8. The van der Waals surface area contributed by atoms with Crippen LogP contribution in [0.1, 0.15) is 93.5 Å². The van der Waals surface area contributed by atoms with E-state index >= 15 is 0 Å². The number of aliphatic hydroxyl groups is 1. The highest BCUT2D eigenvalue weighted by molar-refractivity contribution is 6.06. The number of ether oxygens (including phenoxy) is 10. The Morgan fingerprint density at radius 3 is 2.14 bits per heavy atom. The Kier molecular flexibility index (Phi) is 19.0. The average Bonchev–Trinajstić information content (AvgIpc) is 3.68. The van der Waals surface area contributed by atoms with Gasteiger partial charge in [-0.1, -0.05) is 18.2 Å². The standard InChI is InChI=1S/C48H60N4O21/c1-24-18-32-43(60)52(31-21-35(66-17-10-12-36(56)57)34(64-8)20-29(31)42(59)51(32)22-24)47(63)67-23-28-13-14-33(30(19-28)41(58)49-15-11-16-50-46(62)73-48(5,6)7)71-45-40(70-27(4)55)38(69-26(3)54)37(68-25(2)53)39(72-45)44(61)65-9/h13-14,19-21,32,37-40,43,45,60H,1,10-12,15-18,22-23H2,2-9H3,(H,49,58)(H,50,62)(H,56,57)/t32-,37-,38-,39-,40+,43?,45+/m0/s1. The molecule has 0 bridgehead atoms. The molecule has 73 heavy (non-hydrogen) atoms. The summed E-state index contributed by atoms with van der Waals surface area (Å²) in [6, 6.07) is 5.55. The SMILES string of the molecule is C=C1C[C@H]2C(O)N(C(=O)OCc3ccc(O[C@@H]4O[C@H](C(=O)OC)[C@@H](OC(C)=O)[C@H](OC(C)=O)[C@H]4OC(C)=O)c(C(=O)NCCCNC(=O)OC(C)(C)C)c3)c3cc(OCCCC(=O)O)c(OC)cc3C(=O)N2C1. The highest BCUT2D eigenvalue weighted by Gasteiger charge is 2.56. The van der Waals surface area contributed by atoms with Gasteiger partial charge in [0.2, 0.25) is 12.4 Å². The number of methoxy groups -OCH3 is 2. The quantitative estimate of drug-likeness (QED) is 0.0680. The topological polar surface area (TPSA) is 317 Å². The highest BCUT2D eigenvalue weighted by Crippen LogP contribution is 2.42. The molecule has 2 aromatic carbocycles. The third kappa shape index (κ3) is 14.7. The molecule has 25 heteroatoms. The number of nitrogens with one attached hydrogen (secondary N) is 2. The molecule has 398 valence electrons. The summed E-state index contributed by atoms with van der Waals surface area (Å²) in [7, 11) is 2.33. The molecule has 4 amide bonds. The zero-order valence-corrected chi connectivity index (χ0v) is 41.5. The summed E-state index contributed by atoms with van der Waals surface area (Å²) in [5.74, 6) is -6.54. The van der Waals surface area contributed by atoms with Gasteiger partial charge in [-0.15, -0.1) is 0 Å². The number of carbonyl (C=O) groups excluding carboxylic acids is 8. The molecule has 5 rings (SSSR count). The number of carbonyl (C=O) groups is 9. The van der Waals surface area contributed by atoms with Crippen molar-refractivity contribution in [3.63, 3.8) is 0 Å². The fourth-order valence-corrected chi connectivity index (χ4v) is 7.94. The first-order valence-electron chi connectivity index (χ1n) is 22.9. The van der Waals surface area contributed by atoms with Gasteiger partial charge in [-0.3, -0.25) is 28.8 Å². The number of amides is 4. The molecule has 2 fully saturated rings. The van der Waals surface area contributed by atoms with Gasteiger partial charge >= 0.3 is 42.0 Å². The Morgan fingerprint density at radius 1 is 0.849 bits per heavy atom. The third-order valence-corrected chi connectivity index (χ3v) is 11.0. The maximum Gasteiger partial charge on any atom is 0.416 e. The molecule has 3 aliphatic rings. The average molecular weight is 1030 g/mol. The van der Waals surface area contributed by atoms with Gasteiger partial charge in [-0.05, 0) is 63.8 Å². The van der Waals surface area contributed by atoms with Gasteiger partial charge in [0.05, 0.1) is 43.7 Å². The molecular formula is C48H60N4O21. The van der Waals surface area contributed by atoms with Gasteiger partial charge in [0.25, 0.3) is 11.8 Å². The lowest BCUT2D eigenvalue weighted by Gasteiger charge is -2.43. The van der Waals surface area contributed by atoms with E-state index in [9.17, 15) is 48.3 Å². The Balaban J connectivity index is 1.50. The van der Waals surface area contributed by atoms with E-state index in [-0.39, 0.29) is 91.6 Å². The lowest BCUT2D eigenvalue weighted by Crippen LogP contribution is -2.64. The van der Waals surface area contributed by atoms with E-state index in [1.807, 2.05) is 0 Å². The molecule has 7 atom stereocenters. The fourth-order valence-electron chi connectivity index (χ4n) is 7.94. The van der Waals surface area contributed by atoms with Crippen LogP contribution in [-0.2, 0) is 63.7 Å². The summed E-state index contributed by atoms with van der Waals surface area (Å²) in [6.45, 7) is 11.5. The molecule has 3 heterocycles.